The van der Waals surface area contributed by atoms with Gasteiger partial charge < -0.3 is 0 Å². The SMILES string of the molecule is CC1CCCCN1S(=O)(=O)c1ccc(C(=O)Nc2nc(-c3ccc4c(c3)CCCC4)cs2)cc1. The van der Waals surface area contributed by atoms with Crippen LogP contribution in [0, 0.1) is 0 Å². The van der Waals surface area contributed by atoms with E-state index in [1.165, 1.54) is 47.4 Å². The van der Waals surface area contributed by atoms with Crippen LogP contribution in [0.1, 0.15) is 60.5 Å². The minimum absolute atomic E-state index is 0.00376. The van der Waals surface area contributed by atoms with Crippen LogP contribution in [-0.2, 0) is 22.9 Å². The Labute approximate surface area is 205 Å². The molecule has 34 heavy (non-hydrogen) atoms. The molecule has 1 aliphatic carbocycles. The number of fused-ring (bicyclic) bond motifs is 1. The molecule has 1 aromatic heterocycles. The summed E-state index contributed by atoms with van der Waals surface area (Å²) in [6.45, 7) is 2.49. The fourth-order valence-electron chi connectivity index (χ4n) is 4.87. The van der Waals surface area contributed by atoms with Crippen LogP contribution in [0.15, 0.2) is 52.7 Å². The molecular formula is C26H29N3O3S2. The lowest BCUT2D eigenvalue weighted by molar-refractivity contribution is 0.102. The maximum atomic E-state index is 13.0. The summed E-state index contributed by atoms with van der Waals surface area (Å²) in [7, 11) is -3.56. The Bertz CT molecular complexity index is 1300. The Kier molecular flexibility index (Phi) is 6.55. The fraction of sp³-hybridized carbons (Fsp3) is 0.385. The summed E-state index contributed by atoms with van der Waals surface area (Å²) in [5.41, 5.74) is 5.15. The lowest BCUT2D eigenvalue weighted by atomic mass is 9.90. The van der Waals surface area contributed by atoms with Crippen molar-refractivity contribution < 1.29 is 13.2 Å². The number of benzene rings is 2. The van der Waals surface area contributed by atoms with E-state index in [0.29, 0.717) is 17.2 Å². The Morgan fingerprint density at radius 2 is 1.79 bits per heavy atom. The maximum Gasteiger partial charge on any atom is 0.257 e. The number of aromatic nitrogens is 1. The molecule has 178 valence electrons. The molecule has 1 amide bonds. The summed E-state index contributed by atoms with van der Waals surface area (Å²) in [6.07, 6.45) is 7.55. The van der Waals surface area contributed by atoms with Crippen LogP contribution in [0.4, 0.5) is 5.13 Å². The fourth-order valence-corrected chi connectivity index (χ4v) is 7.28. The van der Waals surface area contributed by atoms with Crippen LogP contribution in [0.3, 0.4) is 0 Å². The van der Waals surface area contributed by atoms with E-state index < -0.39 is 10.0 Å². The quantitative estimate of drug-likeness (QED) is 0.507. The van der Waals surface area contributed by atoms with Crippen LogP contribution in [0.2, 0.25) is 0 Å². The zero-order valence-electron chi connectivity index (χ0n) is 19.3. The van der Waals surface area contributed by atoms with E-state index in [0.717, 1.165) is 43.4 Å². The van der Waals surface area contributed by atoms with Gasteiger partial charge in [-0.3, -0.25) is 10.1 Å². The van der Waals surface area contributed by atoms with Gasteiger partial charge in [-0.15, -0.1) is 11.3 Å². The molecule has 1 N–H and O–H groups in total. The first-order valence-corrected chi connectivity index (χ1v) is 14.2. The summed E-state index contributed by atoms with van der Waals surface area (Å²) >= 11 is 1.39. The average molecular weight is 496 g/mol. The van der Waals surface area contributed by atoms with Gasteiger partial charge in [0.05, 0.1) is 10.6 Å². The molecule has 1 saturated heterocycles. The summed E-state index contributed by atoms with van der Waals surface area (Å²) in [5.74, 6) is -0.304. The van der Waals surface area contributed by atoms with Gasteiger partial charge in [-0.2, -0.15) is 4.31 Å². The summed E-state index contributed by atoms with van der Waals surface area (Å²) in [6, 6.07) is 12.7. The van der Waals surface area contributed by atoms with Gasteiger partial charge in [0, 0.05) is 29.1 Å². The zero-order valence-corrected chi connectivity index (χ0v) is 20.9. The molecule has 0 saturated carbocycles. The van der Waals surface area contributed by atoms with E-state index in [1.807, 2.05) is 12.3 Å². The molecule has 2 heterocycles. The van der Waals surface area contributed by atoms with Gasteiger partial charge in [0.1, 0.15) is 0 Å². The number of piperidine rings is 1. The number of thiazole rings is 1. The van der Waals surface area contributed by atoms with Crippen LogP contribution in [0.5, 0.6) is 0 Å². The predicted molar refractivity (Wildman–Crippen MR) is 136 cm³/mol. The van der Waals surface area contributed by atoms with Crippen molar-refractivity contribution >= 4 is 32.4 Å². The smallest absolute Gasteiger partial charge is 0.257 e. The van der Waals surface area contributed by atoms with Gasteiger partial charge in [-0.1, -0.05) is 18.6 Å². The van der Waals surface area contributed by atoms with Gasteiger partial charge in [-0.25, -0.2) is 13.4 Å². The zero-order chi connectivity index (χ0) is 23.7. The number of rotatable bonds is 5. The highest BCUT2D eigenvalue weighted by Crippen LogP contribution is 2.30. The molecule has 8 heteroatoms. The highest BCUT2D eigenvalue weighted by atomic mass is 32.2. The highest BCUT2D eigenvalue weighted by molar-refractivity contribution is 7.89. The molecule has 3 aromatic rings. The number of aryl methyl sites for hydroxylation is 2. The van der Waals surface area contributed by atoms with Crippen molar-refractivity contribution in [2.45, 2.75) is 62.8 Å². The molecule has 1 unspecified atom stereocenters. The topological polar surface area (TPSA) is 79.4 Å². The summed E-state index contributed by atoms with van der Waals surface area (Å²) < 4.78 is 27.6. The summed E-state index contributed by atoms with van der Waals surface area (Å²) in [4.78, 5) is 17.6. The van der Waals surface area contributed by atoms with Gasteiger partial charge >= 0.3 is 0 Å². The molecule has 6 nitrogen and oxygen atoms in total. The number of hydrogen-bond acceptors (Lipinski definition) is 5. The highest BCUT2D eigenvalue weighted by Gasteiger charge is 2.31. The van der Waals surface area contributed by atoms with Crippen molar-refractivity contribution in [3.05, 3.63) is 64.5 Å². The van der Waals surface area contributed by atoms with Crippen molar-refractivity contribution in [3.63, 3.8) is 0 Å². The average Bonchev–Trinajstić information content (AvgIpc) is 3.32. The molecule has 0 spiro atoms. The number of amides is 1. The Morgan fingerprint density at radius 3 is 2.56 bits per heavy atom. The predicted octanol–water partition coefficient (Wildman–Crippen LogP) is 5.50. The molecule has 2 aromatic carbocycles. The van der Waals surface area contributed by atoms with Crippen molar-refractivity contribution in [1.82, 2.24) is 9.29 Å². The van der Waals surface area contributed by atoms with Crippen LogP contribution < -0.4 is 5.32 Å². The first-order chi connectivity index (χ1) is 16.4. The van der Waals surface area contributed by atoms with E-state index >= 15 is 0 Å². The lowest BCUT2D eigenvalue weighted by Gasteiger charge is -2.32. The monoisotopic (exact) mass is 495 g/mol. The largest absolute Gasteiger partial charge is 0.298 e. The molecule has 1 fully saturated rings. The van der Waals surface area contributed by atoms with Gasteiger partial charge in [0.25, 0.3) is 5.91 Å². The van der Waals surface area contributed by atoms with Crippen molar-refractivity contribution in [1.29, 1.82) is 0 Å². The van der Waals surface area contributed by atoms with E-state index in [2.05, 4.69) is 28.5 Å². The van der Waals surface area contributed by atoms with Gasteiger partial charge in [0.2, 0.25) is 10.0 Å². The molecule has 0 radical (unpaired) electrons. The Hall–Kier alpha value is -2.55. The first-order valence-electron chi connectivity index (χ1n) is 11.9. The van der Waals surface area contributed by atoms with E-state index in [4.69, 9.17) is 0 Å². The molecule has 2 aliphatic rings. The second kappa shape index (κ2) is 9.60. The molecule has 1 aliphatic heterocycles. The summed E-state index contributed by atoms with van der Waals surface area (Å²) in [5, 5.41) is 5.33. The van der Waals surface area contributed by atoms with Crippen LogP contribution in [0.25, 0.3) is 11.3 Å². The van der Waals surface area contributed by atoms with Crippen molar-refractivity contribution in [3.8, 4) is 11.3 Å². The van der Waals surface area contributed by atoms with Crippen molar-refractivity contribution in [2.24, 2.45) is 0 Å². The van der Waals surface area contributed by atoms with Crippen molar-refractivity contribution in [2.75, 3.05) is 11.9 Å². The molecule has 1 atom stereocenters. The Morgan fingerprint density at radius 1 is 1.03 bits per heavy atom. The number of nitrogens with one attached hydrogen (secondary N) is 1. The number of hydrogen-bond donors (Lipinski definition) is 1. The minimum atomic E-state index is -3.56. The second-order valence-electron chi connectivity index (χ2n) is 9.17. The number of anilines is 1. The minimum Gasteiger partial charge on any atom is -0.298 e. The molecule has 0 bridgehead atoms. The van der Waals surface area contributed by atoms with Crippen LogP contribution in [-0.4, -0.2) is 36.2 Å². The number of carbonyl (C=O) groups is 1. The second-order valence-corrected chi connectivity index (χ2v) is 11.9. The third kappa shape index (κ3) is 4.67. The standard InChI is InChI=1S/C26H29N3O3S2/c1-18-6-4-5-15-29(18)34(31,32)23-13-11-20(12-14-23)25(30)28-26-27-24(17-33-26)22-10-9-19-7-2-3-8-21(19)16-22/h9-14,16-18H,2-8,15H2,1H3,(H,27,28,30). The maximum absolute atomic E-state index is 13.0. The van der Waals surface area contributed by atoms with E-state index in [1.54, 1.807) is 16.4 Å². The number of nitrogens with zero attached hydrogens (tertiary/aromatic N) is 2. The van der Waals surface area contributed by atoms with E-state index in [9.17, 15) is 13.2 Å². The Balaban J connectivity index is 1.28. The van der Waals surface area contributed by atoms with Gasteiger partial charge in [-0.05, 0) is 86.9 Å². The molecular weight excluding hydrogens is 466 g/mol. The normalized spacial score (nSPS) is 18.9. The third-order valence-electron chi connectivity index (χ3n) is 6.83. The van der Waals surface area contributed by atoms with Crippen LogP contribution >= 0.6 is 11.3 Å². The number of carbonyl (C=O) groups excluding carboxylic acids is 1. The first kappa shape index (κ1) is 23.2. The van der Waals surface area contributed by atoms with E-state index in [-0.39, 0.29) is 16.8 Å². The van der Waals surface area contributed by atoms with Gasteiger partial charge in [0.15, 0.2) is 5.13 Å². The third-order valence-corrected chi connectivity index (χ3v) is 9.62. The number of sulfonamides is 1. The molecule has 5 rings (SSSR count). The lowest BCUT2D eigenvalue weighted by Crippen LogP contribution is -2.41.